The van der Waals surface area contributed by atoms with Gasteiger partial charge in [-0.05, 0) is 31.2 Å². The Morgan fingerprint density at radius 2 is 2.15 bits per heavy atom. The number of hydrogen-bond acceptors (Lipinski definition) is 2. The third-order valence-corrected chi connectivity index (χ3v) is 4.36. The molecule has 1 aromatic heterocycles. The minimum Gasteiger partial charge on any atom is -0.461 e. The molecule has 0 saturated heterocycles. The van der Waals surface area contributed by atoms with Crippen molar-refractivity contribution in [3.63, 3.8) is 0 Å². The second-order valence-corrected chi connectivity index (χ2v) is 5.87. The number of aryl methyl sites for hydroxylation is 1. The van der Waals surface area contributed by atoms with Gasteiger partial charge in [-0.3, -0.25) is 4.79 Å². The van der Waals surface area contributed by atoms with Crippen molar-refractivity contribution < 1.29 is 9.21 Å². The fourth-order valence-corrected chi connectivity index (χ4v) is 3.36. The van der Waals surface area contributed by atoms with Crippen molar-refractivity contribution in [3.05, 3.63) is 35.6 Å². The summed E-state index contributed by atoms with van der Waals surface area (Å²) in [5.74, 6) is 1.90. The van der Waals surface area contributed by atoms with E-state index >= 15 is 0 Å². The summed E-state index contributed by atoms with van der Waals surface area (Å²) < 4.78 is 6.08. The van der Waals surface area contributed by atoms with Gasteiger partial charge in [-0.25, -0.2) is 0 Å². The van der Waals surface area contributed by atoms with E-state index in [0.717, 1.165) is 43.4 Å². The van der Waals surface area contributed by atoms with Gasteiger partial charge in [0, 0.05) is 30.2 Å². The molecule has 2 nitrogen and oxygen atoms in total. The molecule has 0 radical (unpaired) electrons. The molecular weight excluding hydrogens is 248 g/mol. The third kappa shape index (κ3) is 2.52. The predicted octanol–water partition coefficient (Wildman–Crippen LogP) is 5.00. The average Bonchev–Trinajstić information content (AvgIpc) is 2.83. The Hall–Kier alpha value is -1.57. The van der Waals surface area contributed by atoms with Crippen LogP contribution in [0.4, 0.5) is 0 Å². The molecule has 0 amide bonds. The van der Waals surface area contributed by atoms with E-state index in [-0.39, 0.29) is 0 Å². The van der Waals surface area contributed by atoms with Crippen molar-refractivity contribution in [2.24, 2.45) is 0 Å². The highest BCUT2D eigenvalue weighted by Gasteiger charge is 2.27. The van der Waals surface area contributed by atoms with E-state index in [9.17, 15) is 4.79 Å². The van der Waals surface area contributed by atoms with E-state index in [2.05, 4.69) is 19.1 Å². The summed E-state index contributed by atoms with van der Waals surface area (Å²) in [6, 6.07) is 8.27. The Morgan fingerprint density at radius 3 is 2.95 bits per heavy atom. The van der Waals surface area contributed by atoms with Crippen LogP contribution in [0, 0.1) is 0 Å². The fourth-order valence-electron chi connectivity index (χ4n) is 3.36. The largest absolute Gasteiger partial charge is 0.461 e. The Bertz CT molecular complexity index is 609. The highest BCUT2D eigenvalue weighted by atomic mass is 16.3. The topological polar surface area (TPSA) is 30.2 Å². The van der Waals surface area contributed by atoms with Crippen LogP contribution in [-0.2, 0) is 11.2 Å². The first kappa shape index (κ1) is 13.4. The number of rotatable bonds is 4. The number of ketones is 1. The zero-order valence-corrected chi connectivity index (χ0v) is 12.2. The van der Waals surface area contributed by atoms with Crippen molar-refractivity contribution in [2.75, 3.05) is 0 Å². The fraction of sp³-hybridized carbons (Fsp3) is 0.500. The molecule has 0 aliphatic heterocycles. The zero-order chi connectivity index (χ0) is 13.9. The molecule has 1 unspecified atom stereocenters. The van der Waals surface area contributed by atoms with Crippen LogP contribution in [0.25, 0.3) is 11.0 Å². The number of unbranched alkanes of at least 4 members (excludes halogenated alkanes) is 1. The molecule has 2 aromatic rings. The number of benzene rings is 1. The van der Waals surface area contributed by atoms with Gasteiger partial charge in [-0.2, -0.15) is 0 Å². The van der Waals surface area contributed by atoms with Crippen LogP contribution in [0.3, 0.4) is 0 Å². The van der Waals surface area contributed by atoms with Gasteiger partial charge in [0.05, 0.1) is 0 Å². The molecule has 1 aliphatic rings. The first-order chi connectivity index (χ1) is 9.79. The second-order valence-electron chi connectivity index (χ2n) is 5.87. The van der Waals surface area contributed by atoms with Gasteiger partial charge in [0.1, 0.15) is 17.1 Å². The van der Waals surface area contributed by atoms with Crippen molar-refractivity contribution >= 4 is 16.8 Å². The normalized spacial score (nSPS) is 19.6. The second kappa shape index (κ2) is 5.82. The summed E-state index contributed by atoms with van der Waals surface area (Å²) in [6.45, 7) is 2.20. The van der Waals surface area contributed by atoms with Crippen LogP contribution in [-0.4, -0.2) is 5.78 Å². The lowest BCUT2D eigenvalue weighted by Gasteiger charge is -2.21. The number of para-hydroxylation sites is 1. The molecule has 0 bridgehead atoms. The third-order valence-electron chi connectivity index (χ3n) is 4.36. The highest BCUT2D eigenvalue weighted by Crippen LogP contribution is 2.39. The van der Waals surface area contributed by atoms with Crippen LogP contribution < -0.4 is 0 Å². The maximum absolute atomic E-state index is 11.8. The molecule has 20 heavy (non-hydrogen) atoms. The number of carbonyl (C=O) groups excluding carboxylic acids is 1. The first-order valence-corrected chi connectivity index (χ1v) is 7.81. The smallest absolute Gasteiger partial charge is 0.134 e. The molecule has 0 spiro atoms. The van der Waals surface area contributed by atoms with Crippen molar-refractivity contribution in [3.8, 4) is 0 Å². The van der Waals surface area contributed by atoms with Gasteiger partial charge in [-0.1, -0.05) is 31.5 Å². The van der Waals surface area contributed by atoms with E-state index in [1.807, 2.05) is 12.1 Å². The Kier molecular flexibility index (Phi) is 3.90. The monoisotopic (exact) mass is 270 g/mol. The van der Waals surface area contributed by atoms with E-state index in [1.165, 1.54) is 17.4 Å². The van der Waals surface area contributed by atoms with Gasteiger partial charge in [0.15, 0.2) is 0 Å². The summed E-state index contributed by atoms with van der Waals surface area (Å²) in [5.41, 5.74) is 2.30. The number of furan rings is 1. The molecule has 3 rings (SSSR count). The molecule has 106 valence electrons. The Balaban J connectivity index is 2.03. The summed E-state index contributed by atoms with van der Waals surface area (Å²) in [5, 5.41) is 1.22. The number of carbonyl (C=O) groups is 1. The van der Waals surface area contributed by atoms with Crippen molar-refractivity contribution in [1.29, 1.82) is 0 Å². The van der Waals surface area contributed by atoms with E-state index in [4.69, 9.17) is 4.42 Å². The molecule has 0 N–H and O–H groups in total. The maximum Gasteiger partial charge on any atom is 0.134 e. The average molecular weight is 270 g/mol. The zero-order valence-electron chi connectivity index (χ0n) is 12.2. The molecule has 1 heterocycles. The van der Waals surface area contributed by atoms with E-state index in [1.54, 1.807) is 0 Å². The summed E-state index contributed by atoms with van der Waals surface area (Å²) in [4.78, 5) is 11.8. The van der Waals surface area contributed by atoms with Crippen LogP contribution in [0.15, 0.2) is 28.7 Å². The molecule has 1 atom stereocenters. The Labute approximate surface area is 120 Å². The quantitative estimate of drug-likeness (QED) is 0.782. The standard InChI is InChI=1S/C18H22O2/c1-2-3-10-17-18(13-7-6-8-14(19)12-13)15-9-4-5-11-16(15)20-17/h4-5,9,11,13H,2-3,6-8,10,12H2,1H3. The lowest BCUT2D eigenvalue weighted by atomic mass is 9.81. The molecule has 1 fully saturated rings. The van der Waals surface area contributed by atoms with E-state index in [0.29, 0.717) is 18.1 Å². The number of hydrogen-bond donors (Lipinski definition) is 0. The summed E-state index contributed by atoms with van der Waals surface area (Å²) in [6.07, 6.45) is 6.91. The minimum absolute atomic E-state index is 0.367. The van der Waals surface area contributed by atoms with Gasteiger partial charge in [0.25, 0.3) is 0 Å². The number of Topliss-reactive ketones (excluding diaryl/α,β-unsaturated/α-hetero) is 1. The minimum atomic E-state index is 0.367. The van der Waals surface area contributed by atoms with Crippen LogP contribution in [0.1, 0.15) is 62.7 Å². The van der Waals surface area contributed by atoms with Crippen LogP contribution in [0.5, 0.6) is 0 Å². The SMILES string of the molecule is CCCCc1oc2ccccc2c1C1CCCC(=O)C1. The van der Waals surface area contributed by atoms with Gasteiger partial charge < -0.3 is 4.42 Å². The maximum atomic E-state index is 11.8. The summed E-state index contributed by atoms with van der Waals surface area (Å²) in [7, 11) is 0. The molecule has 1 aliphatic carbocycles. The molecule has 2 heteroatoms. The highest BCUT2D eigenvalue weighted by molar-refractivity contribution is 5.85. The van der Waals surface area contributed by atoms with Crippen molar-refractivity contribution in [1.82, 2.24) is 0 Å². The van der Waals surface area contributed by atoms with Gasteiger partial charge in [-0.15, -0.1) is 0 Å². The molecule has 1 saturated carbocycles. The van der Waals surface area contributed by atoms with Gasteiger partial charge >= 0.3 is 0 Å². The van der Waals surface area contributed by atoms with Crippen molar-refractivity contribution in [2.45, 2.75) is 57.8 Å². The predicted molar refractivity (Wildman–Crippen MR) is 81.0 cm³/mol. The lowest BCUT2D eigenvalue weighted by molar-refractivity contribution is -0.120. The van der Waals surface area contributed by atoms with Gasteiger partial charge in [0.2, 0.25) is 0 Å². The summed E-state index contributed by atoms with van der Waals surface area (Å²) >= 11 is 0. The lowest BCUT2D eigenvalue weighted by Crippen LogP contribution is -2.14. The van der Waals surface area contributed by atoms with Crippen LogP contribution in [0.2, 0.25) is 0 Å². The van der Waals surface area contributed by atoms with Crippen LogP contribution >= 0.6 is 0 Å². The first-order valence-electron chi connectivity index (χ1n) is 7.81. The Morgan fingerprint density at radius 1 is 1.30 bits per heavy atom. The molecular formula is C18H22O2. The van der Waals surface area contributed by atoms with E-state index < -0.39 is 0 Å². The molecule has 1 aromatic carbocycles. The number of fused-ring (bicyclic) bond motifs is 1.